The van der Waals surface area contributed by atoms with E-state index in [1.807, 2.05) is 32.0 Å². The van der Waals surface area contributed by atoms with E-state index < -0.39 is 6.04 Å². The molecule has 2 aromatic carbocycles. The lowest BCUT2D eigenvalue weighted by Gasteiger charge is -2.16. The molecule has 0 fully saturated rings. The second-order valence-electron chi connectivity index (χ2n) is 7.04. The van der Waals surface area contributed by atoms with Gasteiger partial charge in [-0.3, -0.25) is 9.59 Å². The van der Waals surface area contributed by atoms with Crippen molar-refractivity contribution < 1.29 is 14.3 Å². The number of ether oxygens (including phenoxy) is 2. The molecule has 1 atom stereocenters. The summed E-state index contributed by atoms with van der Waals surface area (Å²) in [5.41, 5.74) is 4.00. The van der Waals surface area contributed by atoms with Crippen molar-refractivity contribution in [3.05, 3.63) is 70.0 Å². The zero-order chi connectivity index (χ0) is 21.8. The van der Waals surface area contributed by atoms with Crippen LogP contribution >= 0.6 is 0 Å². The smallest absolute Gasteiger partial charge is 0.267 e. The van der Waals surface area contributed by atoms with Crippen molar-refractivity contribution >= 4 is 11.6 Å². The first-order chi connectivity index (χ1) is 14.3. The van der Waals surface area contributed by atoms with E-state index >= 15 is 0 Å². The number of anilines is 1. The molecule has 3 aromatic rings. The molecule has 0 aliphatic rings. The Balaban J connectivity index is 1.87. The molecule has 7 heteroatoms. The highest BCUT2D eigenvalue weighted by Crippen LogP contribution is 2.30. The molecule has 156 valence electrons. The van der Waals surface area contributed by atoms with Gasteiger partial charge in [0.15, 0.2) is 11.5 Å². The van der Waals surface area contributed by atoms with E-state index in [0.717, 1.165) is 11.1 Å². The van der Waals surface area contributed by atoms with Gasteiger partial charge in [0.2, 0.25) is 5.91 Å². The van der Waals surface area contributed by atoms with Gasteiger partial charge in [-0.1, -0.05) is 12.1 Å². The van der Waals surface area contributed by atoms with E-state index in [9.17, 15) is 9.59 Å². The van der Waals surface area contributed by atoms with Gasteiger partial charge < -0.3 is 14.8 Å². The largest absolute Gasteiger partial charge is 0.493 e. The van der Waals surface area contributed by atoms with Crippen LogP contribution < -0.4 is 20.3 Å². The number of carbonyl (C=O) groups is 1. The number of nitrogens with zero attached hydrogens (tertiary/aromatic N) is 2. The van der Waals surface area contributed by atoms with Crippen LogP contribution in [0.15, 0.2) is 53.3 Å². The normalized spacial score (nSPS) is 11.6. The fourth-order valence-electron chi connectivity index (χ4n) is 3.03. The summed E-state index contributed by atoms with van der Waals surface area (Å²) in [6.07, 6.45) is 0. The maximum Gasteiger partial charge on any atom is 0.267 e. The minimum absolute atomic E-state index is 0.349. The highest BCUT2D eigenvalue weighted by molar-refractivity contribution is 5.93. The summed E-state index contributed by atoms with van der Waals surface area (Å²) in [7, 11) is 3.06. The molecule has 0 bridgehead atoms. The molecule has 0 saturated heterocycles. The number of benzene rings is 2. The number of amides is 1. The Morgan fingerprint density at radius 3 is 2.37 bits per heavy atom. The van der Waals surface area contributed by atoms with E-state index in [1.54, 1.807) is 38.3 Å². The summed E-state index contributed by atoms with van der Waals surface area (Å²) in [6, 6.07) is 13.3. The van der Waals surface area contributed by atoms with Gasteiger partial charge >= 0.3 is 0 Å². The summed E-state index contributed by atoms with van der Waals surface area (Å²) >= 11 is 0. The number of aromatic nitrogens is 2. The Labute approximate surface area is 175 Å². The van der Waals surface area contributed by atoms with Crippen molar-refractivity contribution in [2.45, 2.75) is 26.8 Å². The first kappa shape index (κ1) is 21.1. The molecule has 3 rings (SSSR count). The molecule has 1 N–H and O–H groups in total. The van der Waals surface area contributed by atoms with Gasteiger partial charge in [0, 0.05) is 23.4 Å². The average molecular weight is 407 g/mol. The molecule has 1 amide bonds. The fourth-order valence-corrected chi connectivity index (χ4v) is 3.03. The van der Waals surface area contributed by atoms with Gasteiger partial charge in [-0.2, -0.15) is 5.10 Å². The molecule has 1 aromatic heterocycles. The van der Waals surface area contributed by atoms with Crippen LogP contribution in [0.4, 0.5) is 5.69 Å². The quantitative estimate of drug-likeness (QED) is 0.673. The Hall–Kier alpha value is -3.61. The van der Waals surface area contributed by atoms with Crippen LogP contribution in [-0.2, 0) is 4.79 Å². The van der Waals surface area contributed by atoms with Crippen molar-refractivity contribution in [2.24, 2.45) is 0 Å². The van der Waals surface area contributed by atoms with Crippen LogP contribution in [0.3, 0.4) is 0 Å². The minimum atomic E-state index is -0.808. The van der Waals surface area contributed by atoms with Gasteiger partial charge in [-0.15, -0.1) is 0 Å². The Bertz CT molecular complexity index is 1140. The molecule has 0 radical (unpaired) electrons. The zero-order valence-electron chi connectivity index (χ0n) is 17.7. The predicted octanol–water partition coefficient (Wildman–Crippen LogP) is 3.74. The molecular weight excluding hydrogens is 382 g/mol. The number of carbonyl (C=O) groups excluding carboxylic acids is 1. The molecule has 30 heavy (non-hydrogen) atoms. The van der Waals surface area contributed by atoms with Crippen LogP contribution in [0.5, 0.6) is 11.5 Å². The van der Waals surface area contributed by atoms with Crippen molar-refractivity contribution in [1.29, 1.82) is 0 Å². The van der Waals surface area contributed by atoms with Gasteiger partial charge in [0.05, 0.1) is 19.9 Å². The Morgan fingerprint density at radius 2 is 1.70 bits per heavy atom. The first-order valence-electron chi connectivity index (χ1n) is 9.54. The number of rotatable bonds is 6. The van der Waals surface area contributed by atoms with Crippen LogP contribution in [0.2, 0.25) is 0 Å². The van der Waals surface area contributed by atoms with Gasteiger partial charge in [-0.05, 0) is 56.2 Å². The third-order valence-corrected chi connectivity index (χ3v) is 5.03. The van der Waals surface area contributed by atoms with Crippen LogP contribution in [0, 0.1) is 13.8 Å². The zero-order valence-corrected chi connectivity index (χ0v) is 17.7. The van der Waals surface area contributed by atoms with Crippen LogP contribution in [0.1, 0.15) is 24.1 Å². The van der Waals surface area contributed by atoms with E-state index in [1.165, 1.54) is 23.4 Å². The third-order valence-electron chi connectivity index (χ3n) is 5.03. The summed E-state index contributed by atoms with van der Waals surface area (Å²) in [6.45, 7) is 5.69. The van der Waals surface area contributed by atoms with E-state index in [-0.39, 0.29) is 11.5 Å². The number of methoxy groups -OCH3 is 2. The molecule has 0 spiro atoms. The minimum Gasteiger partial charge on any atom is -0.493 e. The van der Waals surface area contributed by atoms with Crippen LogP contribution in [-0.4, -0.2) is 29.9 Å². The molecule has 1 heterocycles. The fraction of sp³-hybridized carbons (Fsp3) is 0.261. The predicted molar refractivity (Wildman–Crippen MR) is 116 cm³/mol. The van der Waals surface area contributed by atoms with Crippen molar-refractivity contribution in [2.75, 3.05) is 19.5 Å². The molecule has 7 nitrogen and oxygen atoms in total. The molecule has 0 aliphatic carbocycles. The van der Waals surface area contributed by atoms with E-state index in [4.69, 9.17) is 9.47 Å². The second kappa shape index (κ2) is 8.82. The van der Waals surface area contributed by atoms with Crippen LogP contribution in [0.25, 0.3) is 11.3 Å². The summed E-state index contributed by atoms with van der Waals surface area (Å²) in [5, 5.41) is 7.23. The number of hydrogen-bond donors (Lipinski definition) is 1. The van der Waals surface area contributed by atoms with Crippen molar-refractivity contribution in [3.8, 4) is 22.8 Å². The molecule has 0 aliphatic heterocycles. The van der Waals surface area contributed by atoms with Crippen molar-refractivity contribution in [3.63, 3.8) is 0 Å². The number of aryl methyl sites for hydroxylation is 2. The lowest BCUT2D eigenvalue weighted by molar-refractivity contribution is -0.119. The van der Waals surface area contributed by atoms with Crippen molar-refractivity contribution in [1.82, 2.24) is 9.78 Å². The summed E-state index contributed by atoms with van der Waals surface area (Å²) in [5.74, 6) is 0.687. The highest BCUT2D eigenvalue weighted by atomic mass is 16.5. The lowest BCUT2D eigenvalue weighted by Crippen LogP contribution is -2.33. The number of hydrogen-bond acceptors (Lipinski definition) is 5. The monoisotopic (exact) mass is 407 g/mol. The molecular formula is C23H25N3O4. The molecule has 0 saturated carbocycles. The SMILES string of the molecule is COc1ccc(NC(=O)C(C)n2nc(-c3ccc(C)c(C)c3)ccc2=O)cc1OC. The van der Waals surface area contributed by atoms with E-state index in [2.05, 4.69) is 10.4 Å². The van der Waals surface area contributed by atoms with Gasteiger partial charge in [0.25, 0.3) is 5.56 Å². The summed E-state index contributed by atoms with van der Waals surface area (Å²) < 4.78 is 11.7. The molecule has 1 unspecified atom stereocenters. The maximum atomic E-state index is 12.8. The Morgan fingerprint density at radius 1 is 0.967 bits per heavy atom. The van der Waals surface area contributed by atoms with Gasteiger partial charge in [-0.25, -0.2) is 4.68 Å². The first-order valence-corrected chi connectivity index (χ1v) is 9.54. The maximum absolute atomic E-state index is 12.8. The highest BCUT2D eigenvalue weighted by Gasteiger charge is 2.19. The second-order valence-corrected chi connectivity index (χ2v) is 7.04. The number of nitrogens with one attached hydrogen (secondary N) is 1. The lowest BCUT2D eigenvalue weighted by atomic mass is 10.0. The third kappa shape index (κ3) is 4.35. The van der Waals surface area contributed by atoms with Gasteiger partial charge in [0.1, 0.15) is 6.04 Å². The standard InChI is InChI=1S/C23H25N3O4/c1-14-6-7-17(12-15(14)2)19-9-11-22(27)26(25-19)16(3)23(28)24-18-8-10-20(29-4)21(13-18)30-5/h6-13,16H,1-5H3,(H,24,28). The average Bonchev–Trinajstić information content (AvgIpc) is 2.75. The Kier molecular flexibility index (Phi) is 6.20. The van der Waals surface area contributed by atoms with E-state index in [0.29, 0.717) is 22.9 Å². The summed E-state index contributed by atoms with van der Waals surface area (Å²) in [4.78, 5) is 25.2. The topological polar surface area (TPSA) is 82.5 Å².